The van der Waals surface area contributed by atoms with E-state index < -0.39 is 29.8 Å². The average molecular weight is 519 g/mol. The van der Waals surface area contributed by atoms with E-state index in [1.165, 1.54) is 14.0 Å². The molecule has 1 aromatic carbocycles. The average Bonchev–Trinajstić information content (AvgIpc) is 3.14. The lowest BCUT2D eigenvalue weighted by Gasteiger charge is -2.21. The predicted octanol–water partition coefficient (Wildman–Crippen LogP) is 2.43. The van der Waals surface area contributed by atoms with Gasteiger partial charge in [-0.3, -0.25) is 18.7 Å². The third kappa shape index (κ3) is 6.34. The molecule has 3 rings (SSSR count). The number of unbranched alkanes of at least 4 members (excludes halogenated alkanes) is 2. The largest absolute Gasteiger partial charge is 0.480 e. The van der Waals surface area contributed by atoms with Gasteiger partial charge in [-0.1, -0.05) is 50.1 Å². The first-order valence-corrected chi connectivity index (χ1v) is 12.3. The van der Waals surface area contributed by atoms with Crippen molar-refractivity contribution in [2.24, 2.45) is 7.05 Å². The number of carbonyl (C=O) groups is 2. The highest BCUT2D eigenvalue weighted by Crippen LogP contribution is 2.14. The summed E-state index contributed by atoms with van der Waals surface area (Å²) >= 11 is 6.14. The second kappa shape index (κ2) is 12.4. The molecule has 3 aromatic rings. The van der Waals surface area contributed by atoms with E-state index in [9.17, 15) is 24.3 Å². The van der Waals surface area contributed by atoms with Crippen LogP contribution in [0.1, 0.15) is 38.2 Å². The molecule has 0 bridgehead atoms. The third-order valence-corrected chi connectivity index (χ3v) is 6.18. The predicted molar refractivity (Wildman–Crippen MR) is 136 cm³/mol. The highest BCUT2D eigenvalue weighted by atomic mass is 35.5. The van der Waals surface area contributed by atoms with Gasteiger partial charge < -0.3 is 19.9 Å². The van der Waals surface area contributed by atoms with Crippen LogP contribution in [-0.4, -0.2) is 53.8 Å². The normalized spacial score (nSPS) is 11.1. The summed E-state index contributed by atoms with van der Waals surface area (Å²) in [5.41, 5.74) is 0.346. The lowest BCUT2D eigenvalue weighted by molar-refractivity contribution is -0.137. The fourth-order valence-electron chi connectivity index (χ4n) is 3.97. The number of halogens is 1. The van der Waals surface area contributed by atoms with Crippen LogP contribution in [0, 0.1) is 0 Å². The molecule has 0 saturated carbocycles. The Hall–Kier alpha value is -3.60. The Labute approximate surface area is 212 Å². The summed E-state index contributed by atoms with van der Waals surface area (Å²) in [6, 6.07) is 8.53. The van der Waals surface area contributed by atoms with Crippen molar-refractivity contribution in [3.8, 4) is 0 Å². The molecule has 11 nitrogen and oxygen atoms in total. The zero-order valence-electron chi connectivity index (χ0n) is 20.4. The van der Waals surface area contributed by atoms with Gasteiger partial charge in [0, 0.05) is 33.2 Å². The van der Waals surface area contributed by atoms with Gasteiger partial charge in [-0.05, 0) is 30.0 Å². The van der Waals surface area contributed by atoms with Crippen LogP contribution < -0.4 is 16.6 Å². The van der Waals surface area contributed by atoms with E-state index in [1.807, 2.05) is 18.2 Å². The topological polar surface area (TPSA) is 131 Å². The molecule has 0 aliphatic rings. The zero-order valence-corrected chi connectivity index (χ0v) is 21.2. The number of carboxylic acids is 1. The Bertz CT molecular complexity index is 1330. The van der Waals surface area contributed by atoms with Gasteiger partial charge in [-0.25, -0.2) is 9.59 Å². The second-order valence-corrected chi connectivity index (χ2v) is 8.87. The summed E-state index contributed by atoms with van der Waals surface area (Å²) in [6.45, 7) is 2.37. The Morgan fingerprint density at radius 3 is 2.44 bits per heavy atom. The van der Waals surface area contributed by atoms with Crippen molar-refractivity contribution < 1.29 is 14.7 Å². The lowest BCUT2D eigenvalue weighted by atomic mass is 10.2. The number of benzene rings is 1. The molecule has 194 valence electrons. The summed E-state index contributed by atoms with van der Waals surface area (Å²) in [4.78, 5) is 55.5. The maximum atomic E-state index is 13.2. The van der Waals surface area contributed by atoms with Crippen LogP contribution >= 0.6 is 11.6 Å². The van der Waals surface area contributed by atoms with Gasteiger partial charge in [0.2, 0.25) is 5.28 Å². The van der Waals surface area contributed by atoms with Crippen molar-refractivity contribution >= 4 is 34.8 Å². The Morgan fingerprint density at radius 1 is 1.08 bits per heavy atom. The Morgan fingerprint density at radius 2 is 1.78 bits per heavy atom. The number of amides is 2. The number of aliphatic carboxylic acids is 1. The molecule has 0 unspecified atom stereocenters. The zero-order chi connectivity index (χ0) is 26.2. The molecule has 0 aliphatic carbocycles. The van der Waals surface area contributed by atoms with Crippen LogP contribution in [-0.2, 0) is 31.5 Å². The molecular weight excluding hydrogens is 488 g/mol. The first kappa shape index (κ1) is 27.0. The van der Waals surface area contributed by atoms with Crippen molar-refractivity contribution in [1.29, 1.82) is 0 Å². The van der Waals surface area contributed by atoms with Crippen LogP contribution in [0.3, 0.4) is 0 Å². The molecule has 0 radical (unpaired) electrons. The summed E-state index contributed by atoms with van der Waals surface area (Å²) < 4.78 is 4.07. The molecule has 2 heterocycles. The number of nitrogens with zero attached hydrogens (tertiary/aromatic N) is 5. The Kier molecular flexibility index (Phi) is 9.29. The van der Waals surface area contributed by atoms with Crippen molar-refractivity contribution in [3.63, 3.8) is 0 Å². The highest BCUT2D eigenvalue weighted by molar-refractivity contribution is 6.29. The van der Waals surface area contributed by atoms with E-state index in [0.29, 0.717) is 13.0 Å². The molecule has 2 N–H and O–H groups in total. The summed E-state index contributed by atoms with van der Waals surface area (Å²) in [5, 5.41) is 12.0. The number of aryl methyl sites for hydroxylation is 2. The van der Waals surface area contributed by atoms with Gasteiger partial charge in [-0.2, -0.15) is 4.98 Å². The van der Waals surface area contributed by atoms with Crippen LogP contribution in [0.4, 0.5) is 4.79 Å². The maximum absolute atomic E-state index is 13.2. The monoisotopic (exact) mass is 518 g/mol. The molecule has 0 saturated heterocycles. The van der Waals surface area contributed by atoms with Crippen LogP contribution in [0.2, 0.25) is 5.28 Å². The minimum atomic E-state index is -1.13. The van der Waals surface area contributed by atoms with Crippen LogP contribution in [0.15, 0.2) is 39.9 Å². The number of rotatable bonds is 12. The molecule has 0 aliphatic heterocycles. The van der Waals surface area contributed by atoms with Crippen molar-refractivity contribution in [2.45, 2.75) is 52.2 Å². The quantitative estimate of drug-likeness (QED) is 0.279. The van der Waals surface area contributed by atoms with Gasteiger partial charge in [0.1, 0.15) is 6.54 Å². The highest BCUT2D eigenvalue weighted by Gasteiger charge is 2.20. The molecule has 2 aromatic heterocycles. The lowest BCUT2D eigenvalue weighted by Crippen LogP contribution is -2.44. The van der Waals surface area contributed by atoms with Gasteiger partial charge in [0.05, 0.1) is 0 Å². The smallest absolute Gasteiger partial charge is 0.332 e. The number of carbonyl (C=O) groups excluding carboxylic acids is 1. The van der Waals surface area contributed by atoms with Crippen molar-refractivity contribution in [1.82, 2.24) is 28.9 Å². The number of aromatic nitrogens is 4. The van der Waals surface area contributed by atoms with E-state index in [1.54, 1.807) is 19.2 Å². The van der Waals surface area contributed by atoms with Crippen LogP contribution in [0.25, 0.3) is 11.2 Å². The van der Waals surface area contributed by atoms with Gasteiger partial charge in [0.15, 0.2) is 11.2 Å². The fourth-order valence-corrected chi connectivity index (χ4v) is 4.13. The fraction of sp³-hybridized carbons (Fsp3) is 0.458. The summed E-state index contributed by atoms with van der Waals surface area (Å²) in [5.74, 6) is -1.13. The molecule has 0 fully saturated rings. The molecule has 2 amide bonds. The van der Waals surface area contributed by atoms with Gasteiger partial charge >= 0.3 is 17.7 Å². The van der Waals surface area contributed by atoms with E-state index in [4.69, 9.17) is 11.6 Å². The van der Waals surface area contributed by atoms with E-state index in [-0.39, 0.29) is 36.1 Å². The number of fused-ring (bicyclic) bond motifs is 1. The number of carboxylic acid groups (broad SMARTS) is 1. The molecular formula is C24H31ClN6O5. The first-order valence-electron chi connectivity index (χ1n) is 11.9. The minimum absolute atomic E-state index is 0.0715. The SMILES string of the molecule is CCCCCn1c(=O)n(CCCNC(=O)N(CC(=O)O)Cc2ccccc2)c(=O)c2c1nc(Cl)n2C. The van der Waals surface area contributed by atoms with E-state index in [2.05, 4.69) is 17.2 Å². The van der Waals surface area contributed by atoms with E-state index >= 15 is 0 Å². The second-order valence-electron chi connectivity index (χ2n) is 8.53. The van der Waals surface area contributed by atoms with Crippen molar-refractivity contribution in [2.75, 3.05) is 13.1 Å². The standard InChI is InChI=1S/C24H31ClN6O5/c1-3-4-8-13-30-20-19(28(2)22(25)27-20)21(34)31(24(30)36)14-9-12-26-23(35)29(16-18(32)33)15-17-10-6-5-7-11-17/h5-7,10-11H,3-4,8-9,12-16H2,1-2H3,(H,26,35)(H,32,33). The maximum Gasteiger partial charge on any atom is 0.332 e. The Balaban J connectivity index is 1.73. The number of hydrogen-bond acceptors (Lipinski definition) is 5. The molecule has 12 heteroatoms. The summed E-state index contributed by atoms with van der Waals surface area (Å²) in [7, 11) is 1.62. The molecule has 0 spiro atoms. The summed E-state index contributed by atoms with van der Waals surface area (Å²) in [6.07, 6.45) is 2.95. The number of urea groups is 1. The van der Waals surface area contributed by atoms with E-state index in [0.717, 1.165) is 29.4 Å². The molecule has 0 atom stereocenters. The molecule has 36 heavy (non-hydrogen) atoms. The van der Waals surface area contributed by atoms with Crippen LogP contribution in [0.5, 0.6) is 0 Å². The number of nitrogens with one attached hydrogen (secondary N) is 1. The van der Waals surface area contributed by atoms with Crippen molar-refractivity contribution in [3.05, 3.63) is 62.0 Å². The third-order valence-electron chi connectivity index (χ3n) is 5.84. The first-order chi connectivity index (χ1) is 17.2. The van der Waals surface area contributed by atoms with Gasteiger partial charge in [0.25, 0.3) is 5.56 Å². The van der Waals surface area contributed by atoms with Gasteiger partial charge in [-0.15, -0.1) is 0 Å². The number of hydrogen-bond donors (Lipinski definition) is 2. The minimum Gasteiger partial charge on any atom is -0.480 e. The number of imidazole rings is 1.